The number of anilines is 2. The molecule has 0 amide bonds. The van der Waals surface area contributed by atoms with Crippen molar-refractivity contribution in [3.8, 4) is 0 Å². The second-order valence-corrected chi connectivity index (χ2v) is 2.68. The number of nitrogens with zero attached hydrogens (tertiary/aromatic N) is 2. The summed E-state index contributed by atoms with van der Waals surface area (Å²) in [7, 11) is 1.93. The highest BCUT2D eigenvalue weighted by molar-refractivity contribution is 5.85. The Balaban J connectivity index is 0. The van der Waals surface area contributed by atoms with Gasteiger partial charge in [-0.15, -0.1) is 24.8 Å². The molecular weight excluding hydrogens is 237 g/mol. The van der Waals surface area contributed by atoms with Crippen LogP contribution in [0.1, 0.15) is 6.42 Å². The van der Waals surface area contributed by atoms with Gasteiger partial charge in [0.2, 0.25) is 5.95 Å². The second-order valence-electron chi connectivity index (χ2n) is 2.68. The molecule has 0 aromatic carbocycles. The summed E-state index contributed by atoms with van der Waals surface area (Å²) in [6.07, 6.45) is 2.70. The first-order chi connectivity index (χ1) is 6.33. The molecule has 0 aliphatic rings. The zero-order chi connectivity index (χ0) is 9.52. The summed E-state index contributed by atoms with van der Waals surface area (Å²) < 4.78 is 0. The molecule has 0 spiro atoms. The van der Waals surface area contributed by atoms with E-state index in [2.05, 4.69) is 20.6 Å². The molecule has 1 rings (SSSR count). The summed E-state index contributed by atoms with van der Waals surface area (Å²) in [4.78, 5) is 7.80. The van der Waals surface area contributed by atoms with E-state index in [0.29, 0.717) is 5.95 Å². The van der Waals surface area contributed by atoms with Gasteiger partial charge in [-0.2, -0.15) is 4.98 Å². The van der Waals surface area contributed by atoms with E-state index in [9.17, 15) is 0 Å². The molecule has 1 aromatic rings. The Morgan fingerprint density at radius 1 is 1.33 bits per heavy atom. The Hall–Kier alpha value is -0.780. The van der Waals surface area contributed by atoms with Crippen LogP contribution in [0.25, 0.3) is 0 Å². The quantitative estimate of drug-likeness (QED) is 0.681. The van der Waals surface area contributed by atoms with E-state index in [1.807, 2.05) is 7.05 Å². The fraction of sp³-hybridized carbons (Fsp3) is 0.500. The van der Waals surface area contributed by atoms with Gasteiger partial charge in [-0.25, -0.2) is 4.98 Å². The smallest absolute Gasteiger partial charge is 0.221 e. The molecule has 0 saturated carbocycles. The SMILES string of the molecule is CNCCCNc1ccnc(N)n1.Cl.Cl. The van der Waals surface area contributed by atoms with Crippen molar-refractivity contribution in [2.45, 2.75) is 6.42 Å². The molecule has 0 aliphatic carbocycles. The van der Waals surface area contributed by atoms with Crippen LogP contribution >= 0.6 is 24.8 Å². The van der Waals surface area contributed by atoms with Gasteiger partial charge in [-0.1, -0.05) is 0 Å². The Morgan fingerprint density at radius 2 is 2.07 bits per heavy atom. The van der Waals surface area contributed by atoms with Crippen LogP contribution in [0.4, 0.5) is 11.8 Å². The molecular formula is C8H17Cl2N5. The van der Waals surface area contributed by atoms with Crippen LogP contribution in [0, 0.1) is 0 Å². The maximum Gasteiger partial charge on any atom is 0.221 e. The zero-order valence-electron chi connectivity index (χ0n) is 8.56. The molecule has 0 unspecified atom stereocenters. The first-order valence-electron chi connectivity index (χ1n) is 4.30. The van der Waals surface area contributed by atoms with Crippen molar-refractivity contribution in [1.82, 2.24) is 15.3 Å². The molecule has 1 aromatic heterocycles. The Bertz CT molecular complexity index is 259. The first kappa shape index (κ1) is 16.6. The monoisotopic (exact) mass is 253 g/mol. The molecule has 15 heavy (non-hydrogen) atoms. The second kappa shape index (κ2) is 9.76. The minimum absolute atomic E-state index is 0. The molecule has 4 N–H and O–H groups in total. The number of nitrogens with two attached hydrogens (primary N) is 1. The summed E-state index contributed by atoms with van der Waals surface area (Å²) in [5.41, 5.74) is 5.41. The van der Waals surface area contributed by atoms with Crippen molar-refractivity contribution < 1.29 is 0 Å². The van der Waals surface area contributed by atoms with Gasteiger partial charge in [0, 0.05) is 12.7 Å². The molecule has 88 valence electrons. The van der Waals surface area contributed by atoms with Gasteiger partial charge in [0.25, 0.3) is 0 Å². The maximum absolute atomic E-state index is 5.41. The van der Waals surface area contributed by atoms with Crippen LogP contribution in [0.15, 0.2) is 12.3 Å². The van der Waals surface area contributed by atoms with E-state index in [1.165, 1.54) is 0 Å². The van der Waals surface area contributed by atoms with Crippen molar-refractivity contribution >= 4 is 36.6 Å². The average molecular weight is 254 g/mol. The van der Waals surface area contributed by atoms with E-state index in [4.69, 9.17) is 5.73 Å². The van der Waals surface area contributed by atoms with Gasteiger partial charge in [0.15, 0.2) is 0 Å². The normalized spacial score (nSPS) is 8.60. The van der Waals surface area contributed by atoms with E-state index < -0.39 is 0 Å². The lowest BCUT2D eigenvalue weighted by Crippen LogP contribution is -2.13. The standard InChI is InChI=1S/C8H15N5.2ClH/c1-10-4-2-5-11-7-3-6-12-8(9)13-7;;/h3,6,10H,2,4-5H2,1H3,(H3,9,11,12,13);2*1H. The summed E-state index contributed by atoms with van der Waals surface area (Å²) in [5.74, 6) is 1.09. The highest BCUT2D eigenvalue weighted by Gasteiger charge is 1.93. The van der Waals surface area contributed by atoms with Crippen molar-refractivity contribution in [3.05, 3.63) is 12.3 Å². The van der Waals surface area contributed by atoms with Gasteiger partial charge in [0.05, 0.1) is 0 Å². The topological polar surface area (TPSA) is 75.9 Å². The predicted molar refractivity (Wildman–Crippen MR) is 68.0 cm³/mol. The molecule has 0 fully saturated rings. The summed E-state index contributed by atoms with van der Waals surface area (Å²) in [6.45, 7) is 1.88. The van der Waals surface area contributed by atoms with Crippen molar-refractivity contribution in [3.63, 3.8) is 0 Å². The van der Waals surface area contributed by atoms with E-state index >= 15 is 0 Å². The number of nitrogen functional groups attached to an aromatic ring is 1. The van der Waals surface area contributed by atoms with Gasteiger partial charge in [-0.05, 0) is 26.1 Å². The maximum atomic E-state index is 5.41. The van der Waals surface area contributed by atoms with Crippen LogP contribution in [0.3, 0.4) is 0 Å². The van der Waals surface area contributed by atoms with Crippen molar-refractivity contribution in [2.24, 2.45) is 0 Å². The largest absolute Gasteiger partial charge is 0.370 e. The lowest BCUT2D eigenvalue weighted by atomic mass is 10.4. The summed E-state index contributed by atoms with van der Waals surface area (Å²) in [5, 5.41) is 6.22. The molecule has 0 radical (unpaired) electrons. The van der Waals surface area contributed by atoms with E-state index in [-0.39, 0.29) is 24.8 Å². The molecule has 7 heteroatoms. The molecule has 0 saturated heterocycles. The Kier molecular flexibility index (Phi) is 10.8. The van der Waals surface area contributed by atoms with Crippen LogP contribution < -0.4 is 16.4 Å². The van der Waals surface area contributed by atoms with E-state index in [0.717, 1.165) is 25.3 Å². The lowest BCUT2D eigenvalue weighted by molar-refractivity contribution is 0.747. The van der Waals surface area contributed by atoms with Crippen LogP contribution in [-0.2, 0) is 0 Å². The highest BCUT2D eigenvalue weighted by Crippen LogP contribution is 2.01. The number of rotatable bonds is 5. The fourth-order valence-electron chi connectivity index (χ4n) is 0.954. The molecule has 0 atom stereocenters. The number of nitrogens with one attached hydrogen (secondary N) is 2. The highest BCUT2D eigenvalue weighted by atomic mass is 35.5. The number of aromatic nitrogens is 2. The number of hydrogen-bond donors (Lipinski definition) is 3. The molecule has 5 nitrogen and oxygen atoms in total. The third-order valence-electron chi connectivity index (χ3n) is 1.58. The summed E-state index contributed by atoms with van der Waals surface area (Å²) in [6, 6.07) is 1.80. The Labute approximate surface area is 102 Å². The molecule has 1 heterocycles. The lowest BCUT2D eigenvalue weighted by Gasteiger charge is -2.04. The van der Waals surface area contributed by atoms with E-state index in [1.54, 1.807) is 12.3 Å². The number of halogens is 2. The van der Waals surface area contributed by atoms with Crippen molar-refractivity contribution in [1.29, 1.82) is 0 Å². The molecule has 0 bridgehead atoms. The van der Waals surface area contributed by atoms with Crippen LogP contribution in [0.5, 0.6) is 0 Å². The number of hydrogen-bond acceptors (Lipinski definition) is 5. The first-order valence-corrected chi connectivity index (χ1v) is 4.30. The van der Waals surface area contributed by atoms with Crippen molar-refractivity contribution in [2.75, 3.05) is 31.2 Å². The average Bonchev–Trinajstić information content (AvgIpc) is 2.13. The zero-order valence-corrected chi connectivity index (χ0v) is 10.2. The van der Waals surface area contributed by atoms with Gasteiger partial charge in [0.1, 0.15) is 5.82 Å². The minimum atomic E-state index is 0. The third kappa shape index (κ3) is 7.18. The van der Waals surface area contributed by atoms with Gasteiger partial charge < -0.3 is 16.4 Å². The summed E-state index contributed by atoms with van der Waals surface area (Å²) >= 11 is 0. The van der Waals surface area contributed by atoms with Crippen LogP contribution in [-0.4, -0.2) is 30.1 Å². The van der Waals surface area contributed by atoms with Gasteiger partial charge in [-0.3, -0.25) is 0 Å². The van der Waals surface area contributed by atoms with Crippen LogP contribution in [0.2, 0.25) is 0 Å². The predicted octanol–water partition coefficient (Wildman–Crippen LogP) is 0.924. The third-order valence-corrected chi connectivity index (χ3v) is 1.58. The fourth-order valence-corrected chi connectivity index (χ4v) is 0.954. The Morgan fingerprint density at radius 3 is 2.67 bits per heavy atom. The van der Waals surface area contributed by atoms with Gasteiger partial charge >= 0.3 is 0 Å². The molecule has 0 aliphatic heterocycles. The minimum Gasteiger partial charge on any atom is -0.370 e.